The molecule has 0 fully saturated rings. The predicted octanol–water partition coefficient (Wildman–Crippen LogP) is 4.11. The molecule has 3 aromatic carbocycles. The highest BCUT2D eigenvalue weighted by Crippen LogP contribution is 2.35. The molecule has 0 spiro atoms. The molecule has 2 amide bonds. The lowest BCUT2D eigenvalue weighted by molar-refractivity contribution is 0.0489. The molecule has 36 heavy (non-hydrogen) atoms. The van der Waals surface area contributed by atoms with E-state index >= 15 is 0 Å². The van der Waals surface area contributed by atoms with Gasteiger partial charge >= 0.3 is 0 Å². The Bertz CT molecular complexity index is 1440. The van der Waals surface area contributed by atoms with Crippen LogP contribution in [0.1, 0.15) is 49.6 Å². The maximum Gasteiger partial charge on any atom is 0.261 e. The van der Waals surface area contributed by atoms with E-state index < -0.39 is 6.10 Å². The second kappa shape index (κ2) is 8.93. The summed E-state index contributed by atoms with van der Waals surface area (Å²) >= 11 is 0. The van der Waals surface area contributed by atoms with Gasteiger partial charge in [-0.05, 0) is 47.9 Å². The minimum Gasteiger partial charge on any atom is -0.497 e. The van der Waals surface area contributed by atoms with Crippen molar-refractivity contribution < 1.29 is 19.4 Å². The summed E-state index contributed by atoms with van der Waals surface area (Å²) in [5, 5.41) is 12.3. The summed E-state index contributed by atoms with van der Waals surface area (Å²) in [4.78, 5) is 33.1. The smallest absolute Gasteiger partial charge is 0.261 e. The van der Waals surface area contributed by atoms with Crippen LogP contribution in [-0.4, -0.2) is 58.4 Å². The lowest BCUT2D eigenvalue weighted by atomic mass is 9.91. The van der Waals surface area contributed by atoms with Crippen LogP contribution in [0.15, 0.2) is 72.9 Å². The van der Waals surface area contributed by atoms with Gasteiger partial charge in [-0.3, -0.25) is 19.4 Å². The molecule has 2 aliphatic heterocycles. The zero-order chi connectivity index (χ0) is 24.8. The number of ether oxygens (including phenoxy) is 1. The first-order valence-electron chi connectivity index (χ1n) is 12.2. The molecule has 182 valence electrons. The second-order valence-electron chi connectivity index (χ2n) is 9.40. The van der Waals surface area contributed by atoms with Gasteiger partial charge in [0, 0.05) is 42.3 Å². The van der Waals surface area contributed by atoms with Crippen LogP contribution in [0.4, 0.5) is 0 Å². The second-order valence-corrected chi connectivity index (χ2v) is 9.40. The Morgan fingerprint density at radius 2 is 1.75 bits per heavy atom. The Kier molecular flexibility index (Phi) is 5.59. The first kappa shape index (κ1) is 22.5. The Hall–Kier alpha value is -3.94. The number of aromatic nitrogens is 1. The molecule has 0 radical (unpaired) electrons. The molecule has 2 aliphatic rings. The van der Waals surface area contributed by atoms with E-state index in [0.29, 0.717) is 24.2 Å². The van der Waals surface area contributed by atoms with Crippen LogP contribution in [0.2, 0.25) is 0 Å². The van der Waals surface area contributed by atoms with Crippen molar-refractivity contribution in [3.05, 3.63) is 101 Å². The lowest BCUT2D eigenvalue weighted by Crippen LogP contribution is -2.45. The third kappa shape index (κ3) is 3.68. The minimum absolute atomic E-state index is 0.216. The highest BCUT2D eigenvalue weighted by molar-refractivity contribution is 6.21. The summed E-state index contributed by atoms with van der Waals surface area (Å²) < 4.78 is 5.38. The van der Waals surface area contributed by atoms with Gasteiger partial charge in [0.1, 0.15) is 5.75 Å². The third-order valence-electron chi connectivity index (χ3n) is 7.44. The van der Waals surface area contributed by atoms with E-state index in [1.165, 1.54) is 10.5 Å². The molecule has 1 aromatic heterocycles. The molecule has 0 aliphatic carbocycles. The number of β-amino-alcohol motifs (C(OH)–C–C–N with tert-alkyl or cyclic N) is 1. The van der Waals surface area contributed by atoms with Crippen LogP contribution < -0.4 is 4.74 Å². The lowest BCUT2D eigenvalue weighted by Gasteiger charge is -2.39. The number of benzene rings is 3. The van der Waals surface area contributed by atoms with E-state index in [1.807, 2.05) is 36.5 Å². The number of aliphatic hydroxyl groups excluding tert-OH is 1. The van der Waals surface area contributed by atoms with Crippen LogP contribution in [0.5, 0.6) is 5.75 Å². The third-order valence-corrected chi connectivity index (χ3v) is 7.44. The van der Waals surface area contributed by atoms with Crippen molar-refractivity contribution in [1.29, 1.82) is 0 Å². The van der Waals surface area contributed by atoms with Crippen LogP contribution in [0.3, 0.4) is 0 Å². The molecular formula is C29H27N3O4. The van der Waals surface area contributed by atoms with Gasteiger partial charge in [-0.15, -0.1) is 0 Å². The van der Waals surface area contributed by atoms with Crippen LogP contribution in [0, 0.1) is 0 Å². The fraction of sp³-hybridized carbons (Fsp3) is 0.241. The predicted molar refractivity (Wildman–Crippen MR) is 136 cm³/mol. The Morgan fingerprint density at radius 1 is 1.03 bits per heavy atom. The zero-order valence-corrected chi connectivity index (χ0v) is 20.0. The molecule has 2 atom stereocenters. The average molecular weight is 482 g/mol. The first-order chi connectivity index (χ1) is 17.5. The van der Waals surface area contributed by atoms with Gasteiger partial charge in [0.25, 0.3) is 11.8 Å². The topological polar surface area (TPSA) is 85.9 Å². The number of carbonyl (C=O) groups excluding carboxylic acids is 2. The van der Waals surface area contributed by atoms with E-state index in [9.17, 15) is 14.7 Å². The number of rotatable bonds is 6. The van der Waals surface area contributed by atoms with E-state index in [2.05, 4.69) is 22.0 Å². The molecule has 2 unspecified atom stereocenters. The molecule has 3 heterocycles. The maximum atomic E-state index is 13.1. The van der Waals surface area contributed by atoms with Crippen molar-refractivity contribution in [2.75, 3.05) is 26.7 Å². The molecular weight excluding hydrogens is 454 g/mol. The summed E-state index contributed by atoms with van der Waals surface area (Å²) in [6, 6.07) is 20.7. The molecule has 0 bridgehead atoms. The summed E-state index contributed by atoms with van der Waals surface area (Å²) in [5.74, 6) is 0.205. The quantitative estimate of drug-likeness (QED) is 0.405. The summed E-state index contributed by atoms with van der Waals surface area (Å²) in [7, 11) is 1.62. The van der Waals surface area contributed by atoms with E-state index in [4.69, 9.17) is 4.74 Å². The average Bonchev–Trinajstić information content (AvgIpc) is 3.44. The molecule has 6 rings (SSSR count). The van der Waals surface area contributed by atoms with Crippen molar-refractivity contribution in [3.8, 4) is 5.75 Å². The van der Waals surface area contributed by atoms with E-state index in [-0.39, 0.29) is 24.4 Å². The number of nitrogens with zero attached hydrogens (tertiary/aromatic N) is 2. The Morgan fingerprint density at radius 3 is 2.50 bits per heavy atom. The largest absolute Gasteiger partial charge is 0.497 e. The van der Waals surface area contributed by atoms with Crippen molar-refractivity contribution in [3.63, 3.8) is 0 Å². The maximum absolute atomic E-state index is 13.1. The number of fused-ring (bicyclic) bond motifs is 3. The van der Waals surface area contributed by atoms with Gasteiger partial charge in [0.05, 0.1) is 30.4 Å². The monoisotopic (exact) mass is 481 g/mol. The normalized spacial score (nSPS) is 18.4. The molecule has 0 saturated carbocycles. The van der Waals surface area contributed by atoms with Crippen molar-refractivity contribution in [1.82, 2.24) is 14.8 Å². The van der Waals surface area contributed by atoms with Crippen molar-refractivity contribution in [2.24, 2.45) is 0 Å². The highest BCUT2D eigenvalue weighted by Gasteiger charge is 2.39. The van der Waals surface area contributed by atoms with E-state index in [1.54, 1.807) is 31.4 Å². The van der Waals surface area contributed by atoms with Gasteiger partial charge in [0.2, 0.25) is 0 Å². The van der Waals surface area contributed by atoms with E-state index in [0.717, 1.165) is 34.2 Å². The molecule has 4 aromatic rings. The van der Waals surface area contributed by atoms with Gasteiger partial charge in [-0.25, -0.2) is 0 Å². The number of hydrogen-bond donors (Lipinski definition) is 2. The van der Waals surface area contributed by atoms with Crippen LogP contribution >= 0.6 is 0 Å². The number of nitrogens with one attached hydrogen (secondary N) is 1. The molecule has 7 heteroatoms. The number of carbonyl (C=O) groups is 2. The number of methoxy groups -OCH3 is 1. The number of imide groups is 1. The number of aromatic amines is 1. The Labute approximate surface area is 208 Å². The van der Waals surface area contributed by atoms with Crippen LogP contribution in [-0.2, 0) is 6.42 Å². The standard InChI is InChI=1S/C29H27N3O4/c1-36-19-10-11-25-23(14-19)24(15-30-25)27(33)17-31-13-12-18-6-2-3-7-20(18)26(31)16-32-28(34)21-8-4-5-9-22(21)29(32)35/h2-11,14-15,26-27,30,33H,12-13,16-17H2,1H3. The number of hydrogen-bond acceptors (Lipinski definition) is 5. The minimum atomic E-state index is -0.763. The molecule has 2 N–H and O–H groups in total. The number of aliphatic hydroxyl groups is 1. The number of H-pyrrole nitrogens is 1. The molecule has 0 saturated heterocycles. The fourth-order valence-electron chi connectivity index (χ4n) is 5.56. The Balaban J connectivity index is 1.31. The van der Waals surface area contributed by atoms with Gasteiger partial charge in [-0.2, -0.15) is 0 Å². The van der Waals surface area contributed by atoms with Gasteiger partial charge in [0.15, 0.2) is 0 Å². The SMILES string of the molecule is COc1ccc2[nH]cc(C(O)CN3CCc4ccccc4C3CN3C(=O)c4ccccc4C3=O)c2c1. The molecule has 7 nitrogen and oxygen atoms in total. The first-order valence-corrected chi connectivity index (χ1v) is 12.2. The summed E-state index contributed by atoms with van der Waals surface area (Å²) in [6.45, 7) is 1.32. The fourth-order valence-corrected chi connectivity index (χ4v) is 5.56. The summed E-state index contributed by atoms with van der Waals surface area (Å²) in [6.07, 6.45) is 1.91. The number of amides is 2. The van der Waals surface area contributed by atoms with Crippen molar-refractivity contribution >= 4 is 22.7 Å². The van der Waals surface area contributed by atoms with Crippen LogP contribution in [0.25, 0.3) is 10.9 Å². The van der Waals surface area contributed by atoms with Gasteiger partial charge in [-0.1, -0.05) is 36.4 Å². The zero-order valence-electron chi connectivity index (χ0n) is 20.0. The van der Waals surface area contributed by atoms with Crippen molar-refractivity contribution in [2.45, 2.75) is 18.6 Å². The van der Waals surface area contributed by atoms with Gasteiger partial charge < -0.3 is 14.8 Å². The highest BCUT2D eigenvalue weighted by atomic mass is 16.5. The summed E-state index contributed by atoms with van der Waals surface area (Å²) in [5.41, 5.74) is 4.92.